The minimum absolute atomic E-state index is 0.000344. The lowest BCUT2D eigenvalue weighted by Gasteiger charge is -2.25. The Kier molecular flexibility index (Phi) is 23.8. The summed E-state index contributed by atoms with van der Waals surface area (Å²) in [6.07, 6.45) is 6.41. The third-order valence-corrected chi connectivity index (χ3v) is 9.18. The molecule has 0 aromatic heterocycles. The van der Waals surface area contributed by atoms with Crippen molar-refractivity contribution in [2.45, 2.75) is 76.9 Å². The van der Waals surface area contributed by atoms with E-state index in [0.717, 1.165) is 18.2 Å². The molecule has 0 radical (unpaired) electrons. The number of benzene rings is 2. The predicted octanol–water partition coefficient (Wildman–Crippen LogP) is 6.23. The molecule has 1 aliphatic rings. The molecular weight excluding hydrogens is 808 g/mol. The molecule has 1 aliphatic carbocycles. The van der Waals surface area contributed by atoms with Crippen LogP contribution >= 0.6 is 0 Å². The van der Waals surface area contributed by atoms with Gasteiger partial charge in [0, 0.05) is 37.9 Å². The van der Waals surface area contributed by atoms with Crippen LogP contribution in [0, 0.1) is 11.8 Å². The van der Waals surface area contributed by atoms with E-state index in [-0.39, 0.29) is 69.8 Å². The summed E-state index contributed by atoms with van der Waals surface area (Å²) in [5.74, 6) is -1.91. The molecule has 1 fully saturated rings. The Morgan fingerprint density at radius 3 is 1.29 bits per heavy atom. The van der Waals surface area contributed by atoms with Crippen LogP contribution in [0.2, 0.25) is 0 Å². The number of hydrogen-bond donors (Lipinski definition) is 0. The van der Waals surface area contributed by atoms with Crippen molar-refractivity contribution in [2.24, 2.45) is 11.8 Å². The molecule has 2 unspecified atom stereocenters. The Morgan fingerprint density at radius 1 is 0.532 bits per heavy atom. The highest BCUT2D eigenvalue weighted by Gasteiger charge is 2.32. The molecule has 0 amide bonds. The maximum atomic E-state index is 13.0. The summed E-state index contributed by atoms with van der Waals surface area (Å²) in [6, 6.07) is 13.0. The number of esters is 6. The third-order valence-electron chi connectivity index (χ3n) is 9.18. The maximum Gasteiger partial charge on any atom is 0.330 e. The van der Waals surface area contributed by atoms with Crippen LogP contribution in [-0.2, 0) is 57.2 Å². The van der Waals surface area contributed by atoms with Gasteiger partial charge in [0.15, 0.2) is 12.2 Å². The molecule has 2 aromatic rings. The molecule has 0 bridgehead atoms. The third kappa shape index (κ3) is 20.5. The second-order valence-corrected chi connectivity index (χ2v) is 14.0. The quantitative estimate of drug-likeness (QED) is 0.0282. The van der Waals surface area contributed by atoms with Crippen molar-refractivity contribution in [3.8, 4) is 23.0 Å². The number of hydrogen-bond acceptors (Lipinski definition) is 16. The van der Waals surface area contributed by atoms with E-state index in [2.05, 4.69) is 19.7 Å². The Balaban J connectivity index is 1.36. The summed E-state index contributed by atoms with van der Waals surface area (Å²) < 4.78 is 54.8. The number of unbranched alkanes of at least 4 members (excludes halogenated alkanes) is 2. The lowest BCUT2D eigenvalue weighted by atomic mass is 9.82. The summed E-state index contributed by atoms with van der Waals surface area (Å²) in [4.78, 5) is 72.0. The number of ether oxygens (including phenoxy) is 10. The van der Waals surface area contributed by atoms with Crippen molar-refractivity contribution >= 4 is 35.8 Å². The van der Waals surface area contributed by atoms with Crippen LogP contribution in [0.5, 0.6) is 23.0 Å². The van der Waals surface area contributed by atoms with Gasteiger partial charge in [0.1, 0.15) is 36.2 Å². The van der Waals surface area contributed by atoms with Crippen LogP contribution in [0.25, 0.3) is 0 Å². The van der Waals surface area contributed by atoms with Gasteiger partial charge < -0.3 is 47.4 Å². The van der Waals surface area contributed by atoms with Gasteiger partial charge in [0.05, 0.1) is 38.3 Å². The van der Waals surface area contributed by atoms with Gasteiger partial charge in [0.25, 0.3) is 0 Å². The minimum Gasteiger partial charge on any atom is -0.490 e. The van der Waals surface area contributed by atoms with Crippen molar-refractivity contribution < 1.29 is 76.1 Å². The fraction of sp³-hybridized carbons (Fsp3) is 0.478. The average Bonchev–Trinajstić information content (AvgIpc) is 3.29. The van der Waals surface area contributed by atoms with E-state index in [1.165, 1.54) is 0 Å². The van der Waals surface area contributed by atoms with E-state index < -0.39 is 36.1 Å². The van der Waals surface area contributed by atoms with Crippen molar-refractivity contribution in [2.75, 3.05) is 52.9 Å². The van der Waals surface area contributed by atoms with Gasteiger partial charge in [-0.3, -0.25) is 14.4 Å². The summed E-state index contributed by atoms with van der Waals surface area (Å²) in [7, 11) is 0. The zero-order chi connectivity index (χ0) is 45.0. The number of carbonyl (C=O) groups is 6. The number of rotatable bonds is 30. The molecule has 3 rings (SSSR count). The largest absolute Gasteiger partial charge is 0.490 e. The zero-order valence-corrected chi connectivity index (χ0v) is 35.3. The van der Waals surface area contributed by atoms with Gasteiger partial charge in [-0.25, -0.2) is 14.4 Å². The van der Waals surface area contributed by atoms with Crippen molar-refractivity contribution in [1.29, 1.82) is 0 Å². The molecule has 0 saturated heterocycles. The van der Waals surface area contributed by atoms with Crippen molar-refractivity contribution in [1.82, 2.24) is 0 Å². The Hall–Kier alpha value is -6.00. The number of carbonyl (C=O) groups excluding carboxylic acids is 6. The highest BCUT2D eigenvalue weighted by Crippen LogP contribution is 2.32. The van der Waals surface area contributed by atoms with Crippen LogP contribution < -0.4 is 18.9 Å². The maximum absolute atomic E-state index is 13.0. The molecule has 16 heteroatoms. The smallest absolute Gasteiger partial charge is 0.330 e. The molecule has 62 heavy (non-hydrogen) atoms. The molecule has 0 N–H and O–H groups in total. The van der Waals surface area contributed by atoms with Crippen molar-refractivity contribution in [3.05, 3.63) is 86.5 Å². The highest BCUT2D eigenvalue weighted by molar-refractivity contribution is 5.82. The van der Waals surface area contributed by atoms with E-state index in [0.29, 0.717) is 87.6 Å². The van der Waals surface area contributed by atoms with E-state index in [9.17, 15) is 28.8 Å². The molecule has 2 atom stereocenters. The predicted molar refractivity (Wildman–Crippen MR) is 223 cm³/mol. The van der Waals surface area contributed by atoms with E-state index in [1.807, 2.05) is 0 Å². The van der Waals surface area contributed by atoms with Gasteiger partial charge in [-0.05, 0) is 99.9 Å². The molecule has 0 spiro atoms. The van der Waals surface area contributed by atoms with Gasteiger partial charge in [-0.2, -0.15) is 0 Å². The minimum atomic E-state index is -0.715. The lowest BCUT2D eigenvalue weighted by molar-refractivity contribution is -0.153. The second kappa shape index (κ2) is 29.3. The molecular formula is C46H58O16. The monoisotopic (exact) mass is 866 g/mol. The van der Waals surface area contributed by atoms with Crippen molar-refractivity contribution in [3.63, 3.8) is 0 Å². The van der Waals surface area contributed by atoms with Gasteiger partial charge >= 0.3 is 35.8 Å². The fourth-order valence-corrected chi connectivity index (χ4v) is 5.77. The summed E-state index contributed by atoms with van der Waals surface area (Å²) >= 11 is 0. The standard InChI is InChI=1S/C46H58O16/c1-5-41(47)55-27-11-9-25-53-29-39(59-43(49)7-3)31-57-35-17-21-37(22-18-35)61-45(51)33-13-15-34(16-14-33)46(52)62-38-23-19-36(20-24-38)58-32-40(60-44(50)8-4)30-54-26-10-12-28-56-42(48)6-2/h5-7,17-24,33-34,39-40H,1-3,8-16,25-32H2,4H3. The Labute approximate surface area is 362 Å². The first-order valence-electron chi connectivity index (χ1n) is 20.7. The summed E-state index contributed by atoms with van der Waals surface area (Å²) in [5.41, 5.74) is 0. The average molecular weight is 867 g/mol. The Bertz CT molecular complexity index is 1730. The molecule has 2 aromatic carbocycles. The van der Waals surface area contributed by atoms with Crippen LogP contribution in [0.1, 0.15) is 64.7 Å². The molecule has 1 saturated carbocycles. The molecule has 0 heterocycles. The zero-order valence-electron chi connectivity index (χ0n) is 35.3. The van der Waals surface area contributed by atoms with Gasteiger partial charge in [0.2, 0.25) is 0 Å². The van der Waals surface area contributed by atoms with E-state index in [1.54, 1.807) is 55.5 Å². The molecule has 16 nitrogen and oxygen atoms in total. The van der Waals surface area contributed by atoms with Gasteiger partial charge in [-0.15, -0.1) is 0 Å². The van der Waals surface area contributed by atoms with Gasteiger partial charge in [-0.1, -0.05) is 26.7 Å². The SMILES string of the molecule is C=CC(=O)OCCCCOCC(COc1ccc(OC(=O)C2CCC(C(=O)Oc3ccc(OCC(COCCCCOC(=O)C=C)OC(=O)CC)cc3)CC2)cc1)OC(=O)C=C. The first-order chi connectivity index (χ1) is 30.0. The topological polar surface area (TPSA) is 195 Å². The molecule has 0 aliphatic heterocycles. The normalized spacial score (nSPS) is 15.4. The second-order valence-electron chi connectivity index (χ2n) is 14.0. The highest BCUT2D eigenvalue weighted by atomic mass is 16.6. The lowest BCUT2D eigenvalue weighted by Crippen LogP contribution is -2.30. The van der Waals surface area contributed by atoms with Crippen LogP contribution in [0.15, 0.2) is 86.5 Å². The van der Waals surface area contributed by atoms with E-state index >= 15 is 0 Å². The van der Waals surface area contributed by atoms with Crippen LogP contribution in [0.4, 0.5) is 0 Å². The summed E-state index contributed by atoms with van der Waals surface area (Å²) in [6.45, 7) is 13.3. The Morgan fingerprint density at radius 2 is 0.903 bits per heavy atom. The molecule has 338 valence electrons. The van der Waals surface area contributed by atoms with Crippen LogP contribution in [0.3, 0.4) is 0 Å². The van der Waals surface area contributed by atoms with Crippen LogP contribution in [-0.4, -0.2) is 101 Å². The first kappa shape index (κ1) is 50.4. The first-order valence-corrected chi connectivity index (χ1v) is 20.7. The fourth-order valence-electron chi connectivity index (χ4n) is 5.77. The summed E-state index contributed by atoms with van der Waals surface area (Å²) in [5, 5.41) is 0. The van der Waals surface area contributed by atoms with E-state index in [4.69, 9.17) is 47.4 Å².